The molecule has 0 amide bonds. The summed E-state index contributed by atoms with van der Waals surface area (Å²) >= 11 is 0. The van der Waals surface area contributed by atoms with Crippen molar-refractivity contribution in [3.05, 3.63) is 23.8 Å². The van der Waals surface area contributed by atoms with Crippen LogP contribution in [0.5, 0.6) is 11.5 Å². The Morgan fingerprint density at radius 1 is 1.47 bits per heavy atom. The first kappa shape index (κ1) is 13.3. The Bertz CT molecular complexity index is 388. The number of ether oxygens (including phenoxy) is 2. The fraction of sp³-hybridized carbons (Fsp3) is 0.417. The van der Waals surface area contributed by atoms with E-state index in [9.17, 15) is 4.79 Å². The van der Waals surface area contributed by atoms with Gasteiger partial charge in [0.15, 0.2) is 6.10 Å². The lowest BCUT2D eigenvalue weighted by molar-refractivity contribution is -0.145. The van der Waals surface area contributed by atoms with E-state index in [0.717, 1.165) is 0 Å². The van der Waals surface area contributed by atoms with Gasteiger partial charge in [0.05, 0.1) is 13.7 Å². The third kappa shape index (κ3) is 3.35. The summed E-state index contributed by atoms with van der Waals surface area (Å²) in [6, 6.07) is 4.82. The van der Waals surface area contributed by atoms with Gasteiger partial charge in [0, 0.05) is 11.6 Å². The number of aliphatic hydroxyl groups excluding tert-OH is 1. The zero-order chi connectivity index (χ0) is 12.8. The van der Waals surface area contributed by atoms with Gasteiger partial charge in [-0.1, -0.05) is 6.92 Å². The molecule has 1 aromatic rings. The molecule has 94 valence electrons. The summed E-state index contributed by atoms with van der Waals surface area (Å²) in [5, 5.41) is 17.9. The second kappa shape index (κ2) is 6.10. The zero-order valence-electron chi connectivity index (χ0n) is 9.84. The van der Waals surface area contributed by atoms with Gasteiger partial charge >= 0.3 is 5.97 Å². The van der Waals surface area contributed by atoms with Crippen molar-refractivity contribution in [2.45, 2.75) is 26.1 Å². The average Bonchev–Trinajstić information content (AvgIpc) is 2.35. The van der Waals surface area contributed by atoms with Gasteiger partial charge in [0.25, 0.3) is 0 Å². The van der Waals surface area contributed by atoms with E-state index in [0.29, 0.717) is 23.5 Å². The number of aliphatic carboxylic acids is 1. The first-order chi connectivity index (χ1) is 8.12. The lowest BCUT2D eigenvalue weighted by atomic mass is 10.2. The molecule has 0 bridgehead atoms. The molecule has 0 spiro atoms. The lowest BCUT2D eigenvalue weighted by Gasteiger charge is -2.14. The standard InChI is InChI=1S/C12H16O5/c1-3-10(12(14)15)17-9-5-4-8(7-13)11(6-9)16-2/h4-6,10,13H,3,7H2,1-2H3,(H,14,15)/t10-/m1/s1. The third-order valence-electron chi connectivity index (χ3n) is 2.35. The van der Waals surface area contributed by atoms with Crippen LogP contribution in [0.1, 0.15) is 18.9 Å². The summed E-state index contributed by atoms with van der Waals surface area (Å²) in [6.07, 6.45) is -0.501. The normalized spacial score (nSPS) is 11.9. The van der Waals surface area contributed by atoms with Gasteiger partial charge in [0.2, 0.25) is 0 Å². The number of carboxylic acid groups (broad SMARTS) is 1. The topological polar surface area (TPSA) is 76.0 Å². The van der Waals surface area contributed by atoms with Crippen molar-refractivity contribution in [3.8, 4) is 11.5 Å². The fourth-order valence-electron chi connectivity index (χ4n) is 1.40. The first-order valence-corrected chi connectivity index (χ1v) is 5.29. The van der Waals surface area contributed by atoms with Gasteiger partial charge in [-0.25, -0.2) is 4.79 Å². The van der Waals surface area contributed by atoms with Gasteiger partial charge in [-0.2, -0.15) is 0 Å². The number of hydrogen-bond acceptors (Lipinski definition) is 4. The number of carboxylic acids is 1. The molecule has 5 heteroatoms. The Morgan fingerprint density at radius 2 is 2.18 bits per heavy atom. The van der Waals surface area contributed by atoms with Crippen molar-refractivity contribution in [1.82, 2.24) is 0 Å². The molecule has 1 aromatic carbocycles. The van der Waals surface area contributed by atoms with E-state index >= 15 is 0 Å². The van der Waals surface area contributed by atoms with Crippen LogP contribution in [-0.4, -0.2) is 29.4 Å². The monoisotopic (exact) mass is 240 g/mol. The second-order valence-corrected chi connectivity index (χ2v) is 3.48. The Labute approximate surface area is 99.6 Å². The summed E-state index contributed by atoms with van der Waals surface area (Å²) in [6.45, 7) is 1.59. The highest BCUT2D eigenvalue weighted by Gasteiger charge is 2.17. The molecule has 0 saturated carbocycles. The Balaban J connectivity index is 2.88. The molecule has 5 nitrogen and oxygen atoms in total. The van der Waals surface area contributed by atoms with Crippen molar-refractivity contribution >= 4 is 5.97 Å². The van der Waals surface area contributed by atoms with Gasteiger partial charge < -0.3 is 19.7 Å². The number of hydrogen-bond donors (Lipinski definition) is 2. The quantitative estimate of drug-likeness (QED) is 0.786. The molecule has 0 aliphatic rings. The minimum atomic E-state index is -1.00. The van der Waals surface area contributed by atoms with Crippen LogP contribution in [0, 0.1) is 0 Å². The molecule has 0 saturated heterocycles. The number of rotatable bonds is 6. The maximum atomic E-state index is 10.8. The highest BCUT2D eigenvalue weighted by molar-refractivity contribution is 5.72. The first-order valence-electron chi connectivity index (χ1n) is 5.29. The molecule has 0 heterocycles. The molecule has 0 radical (unpaired) electrons. The molecule has 1 atom stereocenters. The highest BCUT2D eigenvalue weighted by Crippen LogP contribution is 2.25. The van der Waals surface area contributed by atoms with Crippen molar-refractivity contribution in [3.63, 3.8) is 0 Å². The SMILES string of the molecule is CC[C@@H](Oc1ccc(CO)c(OC)c1)C(=O)O. The number of carbonyl (C=O) groups is 1. The van der Waals surface area contributed by atoms with Gasteiger partial charge in [-0.3, -0.25) is 0 Å². The number of benzene rings is 1. The van der Waals surface area contributed by atoms with Crippen LogP contribution in [0.15, 0.2) is 18.2 Å². The average molecular weight is 240 g/mol. The molecule has 0 aromatic heterocycles. The van der Waals surface area contributed by atoms with Crippen molar-refractivity contribution in [2.24, 2.45) is 0 Å². The smallest absolute Gasteiger partial charge is 0.344 e. The van der Waals surface area contributed by atoms with E-state index in [1.807, 2.05) is 0 Å². The van der Waals surface area contributed by atoms with E-state index in [-0.39, 0.29) is 6.61 Å². The zero-order valence-corrected chi connectivity index (χ0v) is 9.84. The van der Waals surface area contributed by atoms with Crippen LogP contribution in [0.4, 0.5) is 0 Å². The third-order valence-corrected chi connectivity index (χ3v) is 2.35. The van der Waals surface area contributed by atoms with E-state index in [4.69, 9.17) is 19.7 Å². The van der Waals surface area contributed by atoms with Crippen LogP contribution >= 0.6 is 0 Å². The second-order valence-electron chi connectivity index (χ2n) is 3.48. The number of methoxy groups -OCH3 is 1. The molecule has 0 aliphatic carbocycles. The summed E-state index contributed by atoms with van der Waals surface area (Å²) in [5.74, 6) is -0.115. The van der Waals surface area contributed by atoms with E-state index in [1.54, 1.807) is 25.1 Å². The molecule has 0 fully saturated rings. The number of aliphatic hydroxyl groups is 1. The molecule has 0 aliphatic heterocycles. The summed E-state index contributed by atoms with van der Waals surface area (Å²) in [7, 11) is 1.48. The molecule has 1 rings (SSSR count). The van der Waals surface area contributed by atoms with E-state index in [2.05, 4.69) is 0 Å². The van der Waals surface area contributed by atoms with Gasteiger partial charge in [0.1, 0.15) is 11.5 Å². The summed E-state index contributed by atoms with van der Waals surface area (Å²) in [5.41, 5.74) is 0.628. The molecule has 17 heavy (non-hydrogen) atoms. The maximum Gasteiger partial charge on any atom is 0.344 e. The van der Waals surface area contributed by atoms with Crippen LogP contribution in [0.2, 0.25) is 0 Å². The molecular formula is C12H16O5. The predicted molar refractivity (Wildman–Crippen MR) is 61.3 cm³/mol. The van der Waals surface area contributed by atoms with Gasteiger partial charge in [-0.05, 0) is 18.6 Å². The van der Waals surface area contributed by atoms with Crippen LogP contribution in [0.25, 0.3) is 0 Å². The van der Waals surface area contributed by atoms with Crippen molar-refractivity contribution in [1.29, 1.82) is 0 Å². The van der Waals surface area contributed by atoms with Crippen LogP contribution in [0.3, 0.4) is 0 Å². The highest BCUT2D eigenvalue weighted by atomic mass is 16.5. The predicted octanol–water partition coefficient (Wildman–Crippen LogP) is 1.43. The molecule has 0 unspecified atom stereocenters. The molecule has 2 N–H and O–H groups in total. The maximum absolute atomic E-state index is 10.8. The minimum Gasteiger partial charge on any atom is -0.496 e. The fourth-order valence-corrected chi connectivity index (χ4v) is 1.40. The Morgan fingerprint density at radius 3 is 2.65 bits per heavy atom. The van der Waals surface area contributed by atoms with Crippen LogP contribution in [-0.2, 0) is 11.4 Å². The lowest BCUT2D eigenvalue weighted by Crippen LogP contribution is -2.25. The summed E-state index contributed by atoms with van der Waals surface area (Å²) in [4.78, 5) is 10.8. The molecular weight excluding hydrogens is 224 g/mol. The Kier molecular flexibility index (Phi) is 4.78. The minimum absolute atomic E-state index is 0.139. The van der Waals surface area contributed by atoms with Crippen LogP contribution < -0.4 is 9.47 Å². The van der Waals surface area contributed by atoms with E-state index in [1.165, 1.54) is 7.11 Å². The van der Waals surface area contributed by atoms with Gasteiger partial charge in [-0.15, -0.1) is 0 Å². The largest absolute Gasteiger partial charge is 0.496 e. The summed E-state index contributed by atoms with van der Waals surface area (Å²) < 4.78 is 10.4. The Hall–Kier alpha value is -1.75. The van der Waals surface area contributed by atoms with Crippen molar-refractivity contribution in [2.75, 3.05) is 7.11 Å². The van der Waals surface area contributed by atoms with E-state index < -0.39 is 12.1 Å². The van der Waals surface area contributed by atoms with Crippen molar-refractivity contribution < 1.29 is 24.5 Å².